The molecule has 0 bridgehead atoms. The molecule has 20 heavy (non-hydrogen) atoms. The molecule has 1 aromatic heterocycles. The van der Waals surface area contributed by atoms with Crippen LogP contribution in [0.2, 0.25) is 0 Å². The highest BCUT2D eigenvalue weighted by atomic mass is 16.5. The van der Waals surface area contributed by atoms with Crippen LogP contribution in [0.1, 0.15) is 24.7 Å². The number of benzene rings is 1. The maximum atomic E-state index is 5.75. The summed E-state index contributed by atoms with van der Waals surface area (Å²) in [5.41, 5.74) is 6.65. The SMILES string of the molecule is CCCOc1ccc(CN)c(OCc2ncccn2)c1. The number of aromatic nitrogens is 2. The molecule has 106 valence electrons. The third-order valence-electron chi connectivity index (χ3n) is 2.71. The fourth-order valence-corrected chi connectivity index (χ4v) is 1.69. The van der Waals surface area contributed by atoms with Crippen molar-refractivity contribution in [1.82, 2.24) is 9.97 Å². The molecule has 0 amide bonds. The summed E-state index contributed by atoms with van der Waals surface area (Å²) < 4.78 is 11.3. The molecule has 0 aliphatic heterocycles. The first-order valence-corrected chi connectivity index (χ1v) is 6.68. The van der Waals surface area contributed by atoms with Crippen LogP contribution in [-0.4, -0.2) is 16.6 Å². The number of hydrogen-bond acceptors (Lipinski definition) is 5. The van der Waals surface area contributed by atoms with Crippen LogP contribution in [0.4, 0.5) is 0 Å². The maximum Gasteiger partial charge on any atom is 0.166 e. The van der Waals surface area contributed by atoms with Crippen molar-refractivity contribution >= 4 is 0 Å². The summed E-state index contributed by atoms with van der Waals surface area (Å²) in [5.74, 6) is 2.14. The topological polar surface area (TPSA) is 70.3 Å². The van der Waals surface area contributed by atoms with Gasteiger partial charge in [0.2, 0.25) is 0 Å². The molecule has 0 spiro atoms. The van der Waals surface area contributed by atoms with E-state index in [0.29, 0.717) is 31.3 Å². The first kappa shape index (κ1) is 14.3. The van der Waals surface area contributed by atoms with Crippen LogP contribution in [0.3, 0.4) is 0 Å². The largest absolute Gasteiger partial charge is 0.493 e. The molecule has 0 radical (unpaired) electrons. The lowest BCUT2D eigenvalue weighted by Gasteiger charge is -2.12. The Hall–Kier alpha value is -2.14. The third-order valence-corrected chi connectivity index (χ3v) is 2.71. The van der Waals surface area contributed by atoms with Gasteiger partial charge in [0, 0.05) is 30.6 Å². The van der Waals surface area contributed by atoms with E-state index in [1.807, 2.05) is 18.2 Å². The van der Waals surface area contributed by atoms with Gasteiger partial charge in [-0.25, -0.2) is 9.97 Å². The lowest BCUT2D eigenvalue weighted by Crippen LogP contribution is -2.05. The van der Waals surface area contributed by atoms with Crippen LogP contribution in [0, 0.1) is 0 Å². The van der Waals surface area contributed by atoms with Crippen molar-refractivity contribution in [2.24, 2.45) is 5.73 Å². The van der Waals surface area contributed by atoms with Crippen LogP contribution in [-0.2, 0) is 13.2 Å². The predicted molar refractivity (Wildman–Crippen MR) is 76.5 cm³/mol. The predicted octanol–water partition coefficient (Wildman–Crippen LogP) is 2.30. The van der Waals surface area contributed by atoms with Crippen molar-refractivity contribution < 1.29 is 9.47 Å². The number of nitrogens with two attached hydrogens (primary N) is 1. The summed E-state index contributed by atoms with van der Waals surface area (Å²) in [4.78, 5) is 8.25. The monoisotopic (exact) mass is 273 g/mol. The van der Waals surface area contributed by atoms with Gasteiger partial charge in [-0.05, 0) is 18.6 Å². The molecule has 2 aromatic rings. The van der Waals surface area contributed by atoms with E-state index in [4.69, 9.17) is 15.2 Å². The summed E-state index contributed by atoms with van der Waals surface area (Å²) in [5, 5.41) is 0. The van der Waals surface area contributed by atoms with Gasteiger partial charge in [0.25, 0.3) is 0 Å². The van der Waals surface area contributed by atoms with E-state index in [9.17, 15) is 0 Å². The summed E-state index contributed by atoms with van der Waals surface area (Å²) in [6.45, 7) is 3.48. The van der Waals surface area contributed by atoms with E-state index in [0.717, 1.165) is 17.7 Å². The molecule has 1 heterocycles. The average Bonchev–Trinajstić information content (AvgIpc) is 2.52. The standard InChI is InChI=1S/C15H19N3O2/c1-2-8-19-13-5-4-12(10-16)14(9-13)20-11-15-17-6-3-7-18-15/h3-7,9H,2,8,10-11,16H2,1H3. The van der Waals surface area contributed by atoms with Crippen molar-refractivity contribution in [3.63, 3.8) is 0 Å². The number of nitrogens with zero attached hydrogens (tertiary/aromatic N) is 2. The minimum atomic E-state index is 0.311. The Kier molecular flexibility index (Phi) is 5.32. The summed E-state index contributed by atoms with van der Waals surface area (Å²) in [6, 6.07) is 7.46. The maximum absolute atomic E-state index is 5.75. The van der Waals surface area contributed by atoms with E-state index in [-0.39, 0.29) is 0 Å². The zero-order valence-electron chi connectivity index (χ0n) is 11.6. The van der Waals surface area contributed by atoms with Gasteiger partial charge in [-0.15, -0.1) is 0 Å². The van der Waals surface area contributed by atoms with Gasteiger partial charge in [0.1, 0.15) is 18.1 Å². The quantitative estimate of drug-likeness (QED) is 0.838. The summed E-state index contributed by atoms with van der Waals surface area (Å²) in [7, 11) is 0. The highest BCUT2D eigenvalue weighted by Crippen LogP contribution is 2.25. The molecule has 0 atom stereocenters. The lowest BCUT2D eigenvalue weighted by molar-refractivity contribution is 0.285. The van der Waals surface area contributed by atoms with Crippen molar-refractivity contribution in [3.8, 4) is 11.5 Å². The van der Waals surface area contributed by atoms with E-state index in [2.05, 4.69) is 16.9 Å². The van der Waals surface area contributed by atoms with Gasteiger partial charge in [-0.2, -0.15) is 0 Å². The normalized spacial score (nSPS) is 10.3. The van der Waals surface area contributed by atoms with E-state index in [1.165, 1.54) is 0 Å². The van der Waals surface area contributed by atoms with Crippen LogP contribution >= 0.6 is 0 Å². The van der Waals surface area contributed by atoms with Crippen molar-refractivity contribution in [2.45, 2.75) is 26.5 Å². The van der Waals surface area contributed by atoms with Crippen molar-refractivity contribution in [3.05, 3.63) is 48.0 Å². The smallest absolute Gasteiger partial charge is 0.166 e. The lowest BCUT2D eigenvalue weighted by atomic mass is 10.2. The molecule has 5 heteroatoms. The fourth-order valence-electron chi connectivity index (χ4n) is 1.69. The molecule has 0 saturated carbocycles. The van der Waals surface area contributed by atoms with E-state index in [1.54, 1.807) is 18.5 Å². The van der Waals surface area contributed by atoms with Gasteiger partial charge < -0.3 is 15.2 Å². The second-order valence-electron chi connectivity index (χ2n) is 4.28. The van der Waals surface area contributed by atoms with Crippen molar-refractivity contribution in [1.29, 1.82) is 0 Å². The zero-order chi connectivity index (χ0) is 14.2. The Morgan fingerprint density at radius 1 is 1.15 bits per heavy atom. The molecule has 0 aliphatic rings. The Balaban J connectivity index is 2.07. The minimum Gasteiger partial charge on any atom is -0.493 e. The Morgan fingerprint density at radius 3 is 2.65 bits per heavy atom. The van der Waals surface area contributed by atoms with Crippen LogP contribution < -0.4 is 15.2 Å². The number of hydrogen-bond donors (Lipinski definition) is 1. The highest BCUT2D eigenvalue weighted by molar-refractivity contribution is 5.40. The van der Waals surface area contributed by atoms with E-state index >= 15 is 0 Å². The summed E-state index contributed by atoms with van der Waals surface area (Å²) in [6.07, 6.45) is 4.35. The zero-order valence-corrected chi connectivity index (χ0v) is 11.6. The summed E-state index contributed by atoms with van der Waals surface area (Å²) >= 11 is 0. The van der Waals surface area contributed by atoms with Gasteiger partial charge in [0.15, 0.2) is 5.82 Å². The molecule has 0 saturated heterocycles. The van der Waals surface area contributed by atoms with Gasteiger partial charge in [-0.1, -0.05) is 13.0 Å². The third kappa shape index (κ3) is 3.93. The number of rotatable bonds is 7. The van der Waals surface area contributed by atoms with Crippen molar-refractivity contribution in [2.75, 3.05) is 6.61 Å². The molecule has 0 unspecified atom stereocenters. The Morgan fingerprint density at radius 2 is 1.95 bits per heavy atom. The fraction of sp³-hybridized carbons (Fsp3) is 0.333. The van der Waals surface area contributed by atoms with Gasteiger partial charge in [-0.3, -0.25) is 0 Å². The number of ether oxygens (including phenoxy) is 2. The van der Waals surface area contributed by atoms with Crippen LogP contribution in [0.5, 0.6) is 11.5 Å². The van der Waals surface area contributed by atoms with Gasteiger partial charge in [0.05, 0.1) is 6.61 Å². The second-order valence-corrected chi connectivity index (χ2v) is 4.28. The average molecular weight is 273 g/mol. The molecule has 1 aromatic carbocycles. The first-order chi connectivity index (χ1) is 9.83. The van der Waals surface area contributed by atoms with Crippen LogP contribution in [0.15, 0.2) is 36.7 Å². The molecule has 2 N–H and O–H groups in total. The Bertz CT molecular complexity index is 532. The minimum absolute atomic E-state index is 0.311. The molecule has 0 fully saturated rings. The van der Waals surface area contributed by atoms with E-state index < -0.39 is 0 Å². The molecular formula is C15H19N3O2. The molecule has 2 rings (SSSR count). The molecule has 5 nitrogen and oxygen atoms in total. The highest BCUT2D eigenvalue weighted by Gasteiger charge is 2.06. The Labute approximate surface area is 118 Å². The first-order valence-electron chi connectivity index (χ1n) is 6.68. The molecule has 0 aliphatic carbocycles. The van der Waals surface area contributed by atoms with Gasteiger partial charge >= 0.3 is 0 Å². The molecular weight excluding hydrogens is 254 g/mol. The van der Waals surface area contributed by atoms with Crippen LogP contribution in [0.25, 0.3) is 0 Å². The second kappa shape index (κ2) is 7.45.